The molecule has 0 radical (unpaired) electrons. The zero-order valence-corrected chi connectivity index (χ0v) is 15.1. The van der Waals surface area contributed by atoms with E-state index in [4.69, 9.17) is 4.74 Å². The SMILES string of the molecule is CC(C)(C)OC(=O)N1CCC(O)(c2ccc(C(=O)CBr)nc2)C1. The van der Waals surface area contributed by atoms with Crippen LogP contribution in [0.5, 0.6) is 0 Å². The number of hydrogen-bond donors (Lipinski definition) is 1. The molecule has 7 heteroatoms. The standard InChI is InChI=1S/C16H21BrN2O4/c1-15(2,3)23-14(21)19-7-6-16(22,10-19)11-4-5-12(18-9-11)13(20)8-17/h4-5,9,22H,6-8,10H2,1-3H3. The van der Waals surface area contributed by atoms with Crippen LogP contribution in [0.3, 0.4) is 0 Å². The summed E-state index contributed by atoms with van der Waals surface area (Å²) in [6.45, 7) is 5.97. The van der Waals surface area contributed by atoms with Crippen LogP contribution in [0.1, 0.15) is 43.2 Å². The Hall–Kier alpha value is -1.47. The average molecular weight is 385 g/mol. The maximum Gasteiger partial charge on any atom is 0.410 e. The number of aliphatic hydroxyl groups is 1. The zero-order chi connectivity index (χ0) is 17.3. The van der Waals surface area contributed by atoms with Crippen LogP contribution in [-0.2, 0) is 10.3 Å². The fourth-order valence-corrected chi connectivity index (χ4v) is 2.70. The molecular formula is C16H21BrN2O4. The number of rotatable bonds is 3. The summed E-state index contributed by atoms with van der Waals surface area (Å²) >= 11 is 3.10. The molecule has 0 saturated carbocycles. The molecule has 2 heterocycles. The van der Waals surface area contributed by atoms with Crippen LogP contribution in [0.25, 0.3) is 0 Å². The third-order valence-electron chi connectivity index (χ3n) is 3.61. The van der Waals surface area contributed by atoms with Gasteiger partial charge in [0.1, 0.15) is 16.9 Å². The van der Waals surface area contributed by atoms with Crippen molar-refractivity contribution in [3.63, 3.8) is 0 Å². The summed E-state index contributed by atoms with van der Waals surface area (Å²) in [6.07, 6.45) is 1.46. The Morgan fingerprint density at radius 3 is 2.65 bits per heavy atom. The molecule has 1 N–H and O–H groups in total. The summed E-state index contributed by atoms with van der Waals surface area (Å²) in [5.74, 6) is -0.120. The third-order valence-corrected chi connectivity index (χ3v) is 4.12. The maximum atomic E-state index is 12.1. The van der Waals surface area contributed by atoms with Crippen LogP contribution >= 0.6 is 15.9 Å². The molecule has 1 saturated heterocycles. The summed E-state index contributed by atoms with van der Waals surface area (Å²) in [5.41, 5.74) is -0.803. The summed E-state index contributed by atoms with van der Waals surface area (Å²) in [4.78, 5) is 29.2. The Morgan fingerprint density at radius 2 is 2.13 bits per heavy atom. The van der Waals surface area contributed by atoms with Gasteiger partial charge in [0, 0.05) is 18.3 Å². The molecule has 1 aliphatic rings. The summed E-state index contributed by atoms with van der Waals surface area (Å²) in [7, 11) is 0. The smallest absolute Gasteiger partial charge is 0.410 e. The molecule has 6 nitrogen and oxygen atoms in total. The first-order chi connectivity index (χ1) is 10.6. The number of Topliss-reactive ketones (excluding diaryl/α,β-unsaturated/α-hetero) is 1. The van der Waals surface area contributed by atoms with Gasteiger partial charge in [-0.1, -0.05) is 22.0 Å². The Labute approximate surface area is 144 Å². The molecule has 0 bridgehead atoms. The fraction of sp³-hybridized carbons (Fsp3) is 0.562. The number of pyridine rings is 1. The highest BCUT2D eigenvalue weighted by Gasteiger charge is 2.41. The van der Waals surface area contributed by atoms with Gasteiger partial charge in [-0.05, 0) is 33.3 Å². The van der Waals surface area contributed by atoms with Crippen LogP contribution in [0.15, 0.2) is 18.3 Å². The van der Waals surface area contributed by atoms with Gasteiger partial charge in [-0.25, -0.2) is 4.79 Å². The molecule has 126 valence electrons. The molecule has 1 aromatic heterocycles. The van der Waals surface area contributed by atoms with E-state index >= 15 is 0 Å². The topological polar surface area (TPSA) is 79.7 Å². The van der Waals surface area contributed by atoms with E-state index in [0.29, 0.717) is 24.2 Å². The first-order valence-electron chi connectivity index (χ1n) is 7.41. The predicted molar refractivity (Wildman–Crippen MR) is 88.7 cm³/mol. The Balaban J connectivity index is 2.09. The molecule has 0 aromatic carbocycles. The number of carbonyl (C=O) groups is 2. The van der Waals surface area contributed by atoms with E-state index in [1.54, 1.807) is 32.9 Å². The molecule has 0 aliphatic carbocycles. The molecule has 1 atom stereocenters. The van der Waals surface area contributed by atoms with Gasteiger partial charge < -0.3 is 14.7 Å². The van der Waals surface area contributed by atoms with Gasteiger partial charge in [-0.2, -0.15) is 0 Å². The second-order valence-corrected chi connectivity index (χ2v) is 7.23. The molecule has 23 heavy (non-hydrogen) atoms. The lowest BCUT2D eigenvalue weighted by molar-refractivity contribution is 0.0139. The number of β-amino-alcohol motifs (C(OH)–C–C–N with tert-alkyl or cyclic N) is 1. The van der Waals surface area contributed by atoms with Crippen molar-refractivity contribution in [2.45, 2.75) is 38.4 Å². The van der Waals surface area contributed by atoms with Gasteiger partial charge in [0.2, 0.25) is 0 Å². The van der Waals surface area contributed by atoms with E-state index < -0.39 is 17.3 Å². The van der Waals surface area contributed by atoms with E-state index in [9.17, 15) is 14.7 Å². The van der Waals surface area contributed by atoms with Gasteiger partial charge in [0.25, 0.3) is 0 Å². The number of aromatic nitrogens is 1. The number of likely N-dealkylation sites (tertiary alicyclic amines) is 1. The first kappa shape index (κ1) is 17.9. The quantitative estimate of drug-likeness (QED) is 0.639. The van der Waals surface area contributed by atoms with Gasteiger partial charge in [-0.3, -0.25) is 9.78 Å². The molecule has 2 rings (SSSR count). The summed E-state index contributed by atoms with van der Waals surface area (Å²) in [6, 6.07) is 3.27. The average Bonchev–Trinajstić information content (AvgIpc) is 2.89. The lowest BCUT2D eigenvalue weighted by atomic mass is 9.94. The van der Waals surface area contributed by atoms with E-state index in [0.717, 1.165) is 0 Å². The third kappa shape index (κ3) is 4.29. The molecule has 1 fully saturated rings. The monoisotopic (exact) mass is 384 g/mol. The predicted octanol–water partition coefficient (Wildman–Crippen LogP) is 2.49. The van der Waals surface area contributed by atoms with Gasteiger partial charge in [-0.15, -0.1) is 0 Å². The van der Waals surface area contributed by atoms with Crippen molar-refractivity contribution in [1.82, 2.24) is 9.88 Å². The van der Waals surface area contributed by atoms with Crippen LogP contribution < -0.4 is 0 Å². The van der Waals surface area contributed by atoms with Crippen molar-refractivity contribution >= 4 is 27.8 Å². The zero-order valence-electron chi connectivity index (χ0n) is 13.5. The van der Waals surface area contributed by atoms with Crippen LogP contribution in [-0.4, -0.2) is 50.9 Å². The van der Waals surface area contributed by atoms with Crippen LogP contribution in [0.2, 0.25) is 0 Å². The minimum Gasteiger partial charge on any atom is -0.444 e. The van der Waals surface area contributed by atoms with Crippen molar-refractivity contribution in [2.75, 3.05) is 18.4 Å². The van der Waals surface area contributed by atoms with Crippen LogP contribution in [0.4, 0.5) is 4.79 Å². The minimum absolute atomic E-state index is 0.120. The largest absolute Gasteiger partial charge is 0.444 e. The lowest BCUT2D eigenvalue weighted by Crippen LogP contribution is -2.38. The number of hydrogen-bond acceptors (Lipinski definition) is 5. The van der Waals surface area contributed by atoms with E-state index in [2.05, 4.69) is 20.9 Å². The van der Waals surface area contributed by atoms with Crippen molar-refractivity contribution in [2.24, 2.45) is 0 Å². The fourth-order valence-electron chi connectivity index (χ4n) is 2.41. The van der Waals surface area contributed by atoms with Gasteiger partial charge in [0.15, 0.2) is 5.78 Å². The van der Waals surface area contributed by atoms with Gasteiger partial charge >= 0.3 is 6.09 Å². The van der Waals surface area contributed by atoms with E-state index in [-0.39, 0.29) is 17.7 Å². The Bertz CT molecular complexity index is 597. The number of halogens is 1. The molecule has 1 amide bonds. The highest BCUT2D eigenvalue weighted by Crippen LogP contribution is 2.32. The summed E-state index contributed by atoms with van der Waals surface area (Å²) in [5, 5.41) is 11.0. The molecule has 0 spiro atoms. The summed E-state index contributed by atoms with van der Waals surface area (Å²) < 4.78 is 5.33. The highest BCUT2D eigenvalue weighted by atomic mass is 79.9. The number of ether oxygens (including phenoxy) is 1. The number of alkyl halides is 1. The lowest BCUT2D eigenvalue weighted by Gasteiger charge is -2.26. The van der Waals surface area contributed by atoms with Gasteiger partial charge in [0.05, 0.1) is 11.9 Å². The van der Waals surface area contributed by atoms with Crippen molar-refractivity contribution in [3.8, 4) is 0 Å². The van der Waals surface area contributed by atoms with Crippen molar-refractivity contribution in [3.05, 3.63) is 29.6 Å². The van der Waals surface area contributed by atoms with Crippen LogP contribution in [0, 0.1) is 0 Å². The number of carbonyl (C=O) groups excluding carboxylic acids is 2. The normalized spacial score (nSPS) is 21.3. The molecule has 1 aliphatic heterocycles. The van der Waals surface area contributed by atoms with Crippen molar-refractivity contribution in [1.29, 1.82) is 0 Å². The Kier molecular flexibility index (Phi) is 5.10. The Morgan fingerprint density at radius 1 is 1.43 bits per heavy atom. The number of nitrogens with zero attached hydrogens (tertiary/aromatic N) is 2. The highest BCUT2D eigenvalue weighted by molar-refractivity contribution is 9.09. The maximum absolute atomic E-state index is 12.1. The first-order valence-corrected chi connectivity index (χ1v) is 8.53. The second-order valence-electron chi connectivity index (χ2n) is 6.67. The van der Waals surface area contributed by atoms with Crippen molar-refractivity contribution < 1.29 is 19.4 Å². The molecule has 1 unspecified atom stereocenters. The van der Waals surface area contributed by atoms with E-state index in [1.807, 2.05) is 0 Å². The molecular weight excluding hydrogens is 364 g/mol. The minimum atomic E-state index is -1.17. The number of amides is 1. The number of ketones is 1. The van der Waals surface area contributed by atoms with E-state index in [1.165, 1.54) is 11.1 Å². The molecule has 1 aromatic rings. The second kappa shape index (κ2) is 6.57.